The molecular formula is C23H26F3N7O2. The largest absolute Gasteiger partial charge is 0.419 e. The maximum Gasteiger partial charge on any atom is 0.419 e. The topological polar surface area (TPSA) is 110 Å². The zero-order valence-electron chi connectivity index (χ0n) is 19.2. The molecule has 3 N–H and O–H groups in total. The normalized spacial score (nSPS) is 20.0. The molecule has 0 aromatic carbocycles. The van der Waals surface area contributed by atoms with Gasteiger partial charge in [-0.25, -0.2) is 9.97 Å². The number of carbonyl (C=O) groups excluding carboxylic acids is 1. The Hall–Kier alpha value is -3.41. The predicted molar refractivity (Wildman–Crippen MR) is 124 cm³/mol. The van der Waals surface area contributed by atoms with Gasteiger partial charge < -0.3 is 20.2 Å². The molecule has 2 fully saturated rings. The van der Waals surface area contributed by atoms with Crippen molar-refractivity contribution in [2.45, 2.75) is 37.4 Å². The molecule has 5 heterocycles. The maximum atomic E-state index is 13.3. The van der Waals surface area contributed by atoms with Gasteiger partial charge in [-0.05, 0) is 37.9 Å². The number of alkyl halides is 3. The van der Waals surface area contributed by atoms with Gasteiger partial charge in [0, 0.05) is 44.8 Å². The third-order valence-electron chi connectivity index (χ3n) is 7.02. The Bertz CT molecular complexity index is 1280. The van der Waals surface area contributed by atoms with Crippen molar-refractivity contribution < 1.29 is 18.0 Å². The van der Waals surface area contributed by atoms with Crippen LogP contribution in [0.2, 0.25) is 0 Å². The number of hydrogen-bond donors (Lipinski definition) is 3. The van der Waals surface area contributed by atoms with Gasteiger partial charge in [-0.15, -0.1) is 0 Å². The SMILES string of the molecule is CNC(=O)c1ccc(N2CCC(N3CCC(c4nc5c(C(F)(F)F)c[nH]c5c(=O)[nH]4)C3)CC2)cn1. The van der Waals surface area contributed by atoms with E-state index in [1.54, 1.807) is 19.3 Å². The summed E-state index contributed by atoms with van der Waals surface area (Å²) in [4.78, 5) is 42.2. The number of carbonyl (C=O) groups is 1. The summed E-state index contributed by atoms with van der Waals surface area (Å²) in [5.74, 6) is -0.0302. The van der Waals surface area contributed by atoms with Crippen molar-refractivity contribution in [1.82, 2.24) is 30.2 Å². The molecule has 0 radical (unpaired) electrons. The minimum atomic E-state index is -4.58. The first-order valence-corrected chi connectivity index (χ1v) is 11.6. The quantitative estimate of drug-likeness (QED) is 0.520. The molecule has 0 bridgehead atoms. The van der Waals surface area contributed by atoms with Crippen LogP contribution in [-0.2, 0) is 6.18 Å². The van der Waals surface area contributed by atoms with Gasteiger partial charge in [0.2, 0.25) is 0 Å². The van der Waals surface area contributed by atoms with Crippen molar-refractivity contribution in [3.05, 3.63) is 52.0 Å². The Morgan fingerprint density at radius 2 is 1.94 bits per heavy atom. The van der Waals surface area contributed by atoms with E-state index in [1.807, 2.05) is 6.07 Å². The molecule has 1 atom stereocenters. The smallest absolute Gasteiger partial charge is 0.370 e. The number of nitrogens with zero attached hydrogens (tertiary/aromatic N) is 4. The molecule has 12 heteroatoms. The lowest BCUT2D eigenvalue weighted by atomic mass is 10.0. The van der Waals surface area contributed by atoms with Crippen LogP contribution < -0.4 is 15.8 Å². The van der Waals surface area contributed by atoms with Crippen LogP contribution in [0, 0.1) is 0 Å². The van der Waals surface area contributed by atoms with Gasteiger partial charge in [0.1, 0.15) is 22.6 Å². The number of rotatable bonds is 4. The van der Waals surface area contributed by atoms with Crippen LogP contribution in [0.4, 0.5) is 18.9 Å². The number of aromatic amines is 2. The standard InChI is InChI=1S/C23H26F3N7O2/c1-27-21(34)17-3-2-15(10-28-17)32-8-5-14(6-9-32)33-7-4-13(12-33)20-30-18-16(23(24,25)26)11-29-19(18)22(35)31-20/h2-3,10-11,13-14,29H,4-9,12H2,1H3,(H,27,34)(H,30,31,35). The summed E-state index contributed by atoms with van der Waals surface area (Å²) in [5.41, 5.74) is -0.623. The number of likely N-dealkylation sites (tertiary alicyclic amines) is 1. The summed E-state index contributed by atoms with van der Waals surface area (Å²) in [7, 11) is 1.57. The number of H-pyrrole nitrogens is 2. The first kappa shape index (κ1) is 23.3. The Morgan fingerprint density at radius 1 is 1.17 bits per heavy atom. The monoisotopic (exact) mass is 489 g/mol. The van der Waals surface area contributed by atoms with E-state index in [0.29, 0.717) is 24.1 Å². The average molecular weight is 490 g/mol. The predicted octanol–water partition coefficient (Wildman–Crippen LogP) is 2.48. The molecule has 186 valence electrons. The minimum Gasteiger partial charge on any atom is -0.370 e. The summed E-state index contributed by atoms with van der Waals surface area (Å²) >= 11 is 0. The minimum absolute atomic E-state index is 0.123. The van der Waals surface area contributed by atoms with Crippen LogP contribution in [0.5, 0.6) is 0 Å². The molecule has 2 aliphatic rings. The van der Waals surface area contributed by atoms with E-state index >= 15 is 0 Å². The first-order valence-electron chi connectivity index (χ1n) is 11.6. The van der Waals surface area contributed by atoms with Crippen LogP contribution in [0.25, 0.3) is 11.0 Å². The van der Waals surface area contributed by atoms with Crippen LogP contribution in [0.3, 0.4) is 0 Å². The lowest BCUT2D eigenvalue weighted by molar-refractivity contribution is -0.136. The highest BCUT2D eigenvalue weighted by Gasteiger charge is 2.37. The Balaban J connectivity index is 1.23. The molecule has 35 heavy (non-hydrogen) atoms. The fourth-order valence-corrected chi connectivity index (χ4v) is 5.11. The second kappa shape index (κ2) is 8.99. The molecule has 9 nitrogen and oxygen atoms in total. The third-order valence-corrected chi connectivity index (χ3v) is 7.02. The number of nitrogens with one attached hydrogen (secondary N) is 3. The number of hydrogen-bond acceptors (Lipinski definition) is 6. The van der Waals surface area contributed by atoms with Gasteiger partial charge in [-0.3, -0.25) is 14.5 Å². The van der Waals surface area contributed by atoms with Gasteiger partial charge in [-0.2, -0.15) is 13.2 Å². The number of amides is 1. The summed E-state index contributed by atoms with van der Waals surface area (Å²) in [6.45, 7) is 3.13. The zero-order valence-corrected chi connectivity index (χ0v) is 19.2. The Morgan fingerprint density at radius 3 is 2.60 bits per heavy atom. The van der Waals surface area contributed by atoms with Gasteiger partial charge >= 0.3 is 6.18 Å². The summed E-state index contributed by atoms with van der Waals surface area (Å²) in [5, 5.41) is 2.56. The molecule has 3 aromatic rings. The molecule has 0 aliphatic carbocycles. The molecule has 1 unspecified atom stereocenters. The second-order valence-electron chi connectivity index (χ2n) is 9.05. The molecule has 2 saturated heterocycles. The van der Waals surface area contributed by atoms with E-state index in [2.05, 4.69) is 35.1 Å². The van der Waals surface area contributed by atoms with E-state index < -0.39 is 17.3 Å². The molecule has 5 rings (SSSR count). The number of pyridine rings is 1. The summed E-state index contributed by atoms with van der Waals surface area (Å²) < 4.78 is 39.9. The Labute approximate surface area is 198 Å². The molecule has 3 aromatic heterocycles. The number of anilines is 1. The fraction of sp³-hybridized carbons (Fsp3) is 0.478. The van der Waals surface area contributed by atoms with Crippen molar-refractivity contribution in [2.24, 2.45) is 0 Å². The van der Waals surface area contributed by atoms with Crippen LogP contribution in [0.15, 0.2) is 29.3 Å². The van der Waals surface area contributed by atoms with Gasteiger partial charge in [0.15, 0.2) is 0 Å². The van der Waals surface area contributed by atoms with Crippen LogP contribution in [0.1, 0.15) is 47.1 Å². The molecule has 0 spiro atoms. The van der Waals surface area contributed by atoms with Gasteiger partial charge in [0.25, 0.3) is 11.5 Å². The highest BCUT2D eigenvalue weighted by molar-refractivity contribution is 5.92. The van der Waals surface area contributed by atoms with Crippen molar-refractivity contribution >= 4 is 22.6 Å². The van der Waals surface area contributed by atoms with Crippen LogP contribution >= 0.6 is 0 Å². The first-order chi connectivity index (χ1) is 16.7. The highest BCUT2D eigenvalue weighted by atomic mass is 19.4. The molecule has 2 aliphatic heterocycles. The van der Waals surface area contributed by atoms with Gasteiger partial charge in [0.05, 0.1) is 17.4 Å². The lowest BCUT2D eigenvalue weighted by Crippen LogP contribution is -2.44. The highest BCUT2D eigenvalue weighted by Crippen LogP contribution is 2.35. The summed E-state index contributed by atoms with van der Waals surface area (Å²) in [6.07, 6.45) is 0.527. The number of aromatic nitrogens is 4. The van der Waals surface area contributed by atoms with Crippen molar-refractivity contribution in [1.29, 1.82) is 0 Å². The molecule has 1 amide bonds. The zero-order chi connectivity index (χ0) is 24.7. The number of fused-ring (bicyclic) bond motifs is 1. The lowest BCUT2D eigenvalue weighted by Gasteiger charge is -2.37. The Kier molecular flexibility index (Phi) is 5.99. The van der Waals surface area contributed by atoms with E-state index in [-0.39, 0.29) is 22.9 Å². The maximum absolute atomic E-state index is 13.3. The van der Waals surface area contributed by atoms with Crippen molar-refractivity contribution in [3.63, 3.8) is 0 Å². The average Bonchev–Trinajstić information content (AvgIpc) is 3.52. The number of halogens is 3. The van der Waals surface area contributed by atoms with Gasteiger partial charge in [-0.1, -0.05) is 0 Å². The number of piperidine rings is 1. The van der Waals surface area contributed by atoms with Crippen LogP contribution in [-0.4, -0.2) is 70.0 Å². The van der Waals surface area contributed by atoms with E-state index in [4.69, 9.17) is 0 Å². The van der Waals surface area contributed by atoms with Crippen molar-refractivity contribution in [2.75, 3.05) is 38.1 Å². The third kappa shape index (κ3) is 4.49. The molecule has 0 saturated carbocycles. The summed E-state index contributed by atoms with van der Waals surface area (Å²) in [6, 6.07) is 3.96. The molecular weight excluding hydrogens is 463 g/mol. The van der Waals surface area contributed by atoms with Crippen molar-refractivity contribution in [3.8, 4) is 0 Å². The van der Waals surface area contributed by atoms with E-state index in [1.165, 1.54) is 0 Å². The second-order valence-corrected chi connectivity index (χ2v) is 9.05. The van der Waals surface area contributed by atoms with E-state index in [0.717, 1.165) is 50.8 Å². The van der Waals surface area contributed by atoms with E-state index in [9.17, 15) is 22.8 Å². The fourth-order valence-electron chi connectivity index (χ4n) is 5.11.